The van der Waals surface area contributed by atoms with Crippen LogP contribution in [0, 0.1) is 0 Å². The average molecular weight is 404 g/mol. The van der Waals surface area contributed by atoms with Crippen LogP contribution in [0.3, 0.4) is 0 Å². The largest absolute Gasteiger partial charge is 0.463 e. The predicted octanol–water partition coefficient (Wildman–Crippen LogP) is 5.20. The van der Waals surface area contributed by atoms with E-state index in [0.29, 0.717) is 12.3 Å². The van der Waals surface area contributed by atoms with Gasteiger partial charge in [0.05, 0.1) is 6.61 Å². The van der Waals surface area contributed by atoms with Crippen molar-refractivity contribution in [2.45, 2.75) is 25.9 Å². The van der Waals surface area contributed by atoms with Gasteiger partial charge in [0.25, 0.3) is 0 Å². The summed E-state index contributed by atoms with van der Waals surface area (Å²) in [5.74, 6) is -0.244. The van der Waals surface area contributed by atoms with Crippen molar-refractivity contribution < 1.29 is 17.9 Å². The fourth-order valence-corrected chi connectivity index (χ4v) is 2.24. The van der Waals surface area contributed by atoms with Gasteiger partial charge in [0.1, 0.15) is 5.56 Å². The summed E-state index contributed by atoms with van der Waals surface area (Å²) >= 11 is 3.30. The van der Waals surface area contributed by atoms with Crippen molar-refractivity contribution in [1.29, 1.82) is 0 Å². The molecule has 0 amide bonds. The SMILES string of the molecule is CCCCOc1ncc(C(F)(F)F)c(N(C)c2ccc(Br)cc2)n1. The normalized spacial score (nSPS) is 11.4. The summed E-state index contributed by atoms with van der Waals surface area (Å²) in [6, 6.07) is 6.83. The highest BCUT2D eigenvalue weighted by Gasteiger charge is 2.36. The van der Waals surface area contributed by atoms with E-state index in [9.17, 15) is 13.2 Å². The van der Waals surface area contributed by atoms with E-state index in [1.54, 1.807) is 24.3 Å². The fourth-order valence-electron chi connectivity index (χ4n) is 1.98. The lowest BCUT2D eigenvalue weighted by Crippen LogP contribution is -2.19. The van der Waals surface area contributed by atoms with Crippen LogP contribution in [-0.2, 0) is 6.18 Å². The molecule has 0 atom stereocenters. The number of unbranched alkanes of at least 4 members (excludes halogenated alkanes) is 1. The molecule has 24 heavy (non-hydrogen) atoms. The minimum absolute atomic E-state index is 0.0598. The highest BCUT2D eigenvalue weighted by atomic mass is 79.9. The minimum atomic E-state index is -4.55. The monoisotopic (exact) mass is 403 g/mol. The van der Waals surface area contributed by atoms with Crippen molar-refractivity contribution in [1.82, 2.24) is 9.97 Å². The van der Waals surface area contributed by atoms with E-state index in [-0.39, 0.29) is 11.8 Å². The van der Waals surface area contributed by atoms with Gasteiger partial charge in [0.2, 0.25) is 0 Å². The van der Waals surface area contributed by atoms with Crippen LogP contribution < -0.4 is 9.64 Å². The van der Waals surface area contributed by atoms with Crippen LogP contribution in [0.4, 0.5) is 24.7 Å². The van der Waals surface area contributed by atoms with E-state index in [4.69, 9.17) is 4.74 Å². The third-order valence-electron chi connectivity index (χ3n) is 3.31. The summed E-state index contributed by atoms with van der Waals surface area (Å²) in [6.07, 6.45) is -2.10. The van der Waals surface area contributed by atoms with Crippen molar-refractivity contribution in [3.05, 3.63) is 40.5 Å². The molecule has 2 aromatic rings. The topological polar surface area (TPSA) is 38.2 Å². The summed E-state index contributed by atoms with van der Waals surface area (Å²) < 4.78 is 46.0. The van der Waals surface area contributed by atoms with Gasteiger partial charge in [-0.2, -0.15) is 18.2 Å². The maximum absolute atomic E-state index is 13.3. The number of hydrogen-bond donors (Lipinski definition) is 0. The van der Waals surface area contributed by atoms with Gasteiger partial charge in [-0.15, -0.1) is 0 Å². The van der Waals surface area contributed by atoms with E-state index in [2.05, 4.69) is 25.9 Å². The standard InChI is InChI=1S/C16H17BrF3N3O/c1-3-4-9-24-15-21-10-13(16(18,19)20)14(22-15)23(2)12-7-5-11(17)6-8-12/h5-8,10H,3-4,9H2,1-2H3. The molecule has 1 aromatic carbocycles. The van der Waals surface area contributed by atoms with Gasteiger partial charge in [-0.05, 0) is 30.7 Å². The molecule has 0 bridgehead atoms. The van der Waals surface area contributed by atoms with Crippen LogP contribution in [-0.4, -0.2) is 23.6 Å². The van der Waals surface area contributed by atoms with Crippen molar-refractivity contribution in [3.63, 3.8) is 0 Å². The number of rotatable bonds is 6. The molecule has 0 N–H and O–H groups in total. The molecule has 1 heterocycles. The Morgan fingerprint density at radius 2 is 1.88 bits per heavy atom. The first kappa shape index (κ1) is 18.5. The molecule has 4 nitrogen and oxygen atoms in total. The lowest BCUT2D eigenvalue weighted by atomic mass is 10.2. The number of alkyl halides is 3. The first-order chi connectivity index (χ1) is 11.3. The molecule has 0 saturated heterocycles. The Kier molecular flexibility index (Phi) is 6.04. The second-order valence-electron chi connectivity index (χ2n) is 5.13. The third kappa shape index (κ3) is 4.59. The Bertz CT molecular complexity index is 677. The molecule has 2 rings (SSSR count). The number of hydrogen-bond acceptors (Lipinski definition) is 4. The summed E-state index contributed by atoms with van der Waals surface area (Å²) in [5, 5.41) is 0. The van der Waals surface area contributed by atoms with E-state index in [0.717, 1.165) is 23.5 Å². The van der Waals surface area contributed by atoms with Crippen LogP contribution in [0.1, 0.15) is 25.3 Å². The molecule has 0 saturated carbocycles. The van der Waals surface area contributed by atoms with Crippen LogP contribution in [0.5, 0.6) is 6.01 Å². The minimum Gasteiger partial charge on any atom is -0.463 e. The van der Waals surface area contributed by atoms with Crippen LogP contribution in [0.15, 0.2) is 34.9 Å². The van der Waals surface area contributed by atoms with Gasteiger partial charge in [-0.1, -0.05) is 29.3 Å². The van der Waals surface area contributed by atoms with E-state index >= 15 is 0 Å². The Morgan fingerprint density at radius 1 is 1.21 bits per heavy atom. The van der Waals surface area contributed by atoms with E-state index in [1.165, 1.54) is 11.9 Å². The maximum Gasteiger partial charge on any atom is 0.421 e. The molecule has 130 valence electrons. The number of ether oxygens (including phenoxy) is 1. The average Bonchev–Trinajstić information content (AvgIpc) is 2.54. The Hall–Kier alpha value is -1.83. The second kappa shape index (κ2) is 7.83. The molecule has 1 aromatic heterocycles. The predicted molar refractivity (Wildman–Crippen MR) is 89.6 cm³/mol. The number of halogens is 4. The number of anilines is 2. The fraction of sp³-hybridized carbons (Fsp3) is 0.375. The van der Waals surface area contributed by atoms with Crippen LogP contribution in [0.2, 0.25) is 0 Å². The summed E-state index contributed by atoms with van der Waals surface area (Å²) in [5.41, 5.74) is -0.335. The highest BCUT2D eigenvalue weighted by Crippen LogP contribution is 2.37. The van der Waals surface area contributed by atoms with E-state index < -0.39 is 11.7 Å². The molecule has 0 fully saturated rings. The first-order valence-electron chi connectivity index (χ1n) is 7.39. The third-order valence-corrected chi connectivity index (χ3v) is 3.84. The number of aromatic nitrogens is 2. The van der Waals surface area contributed by atoms with Gasteiger partial charge in [0.15, 0.2) is 5.82 Å². The highest BCUT2D eigenvalue weighted by molar-refractivity contribution is 9.10. The first-order valence-corrected chi connectivity index (χ1v) is 8.18. The van der Waals surface area contributed by atoms with Gasteiger partial charge in [-0.3, -0.25) is 0 Å². The molecule has 0 aliphatic rings. The summed E-state index contributed by atoms with van der Waals surface area (Å²) in [4.78, 5) is 9.02. The lowest BCUT2D eigenvalue weighted by molar-refractivity contribution is -0.137. The quantitative estimate of drug-likeness (QED) is 0.620. The molecule has 0 unspecified atom stereocenters. The molecule has 0 aliphatic carbocycles. The number of benzene rings is 1. The zero-order chi connectivity index (χ0) is 17.7. The molecule has 8 heteroatoms. The van der Waals surface area contributed by atoms with Crippen molar-refractivity contribution in [2.75, 3.05) is 18.6 Å². The number of nitrogens with zero attached hydrogens (tertiary/aromatic N) is 3. The maximum atomic E-state index is 13.3. The van der Waals surface area contributed by atoms with E-state index in [1.807, 2.05) is 6.92 Å². The Morgan fingerprint density at radius 3 is 2.46 bits per heavy atom. The Labute approximate surface area is 146 Å². The van der Waals surface area contributed by atoms with Crippen LogP contribution in [0.25, 0.3) is 0 Å². The van der Waals surface area contributed by atoms with Crippen molar-refractivity contribution in [2.24, 2.45) is 0 Å². The summed E-state index contributed by atoms with van der Waals surface area (Å²) in [7, 11) is 1.52. The molecular formula is C16H17BrF3N3O. The second-order valence-corrected chi connectivity index (χ2v) is 6.04. The van der Waals surface area contributed by atoms with Gasteiger partial charge in [0, 0.05) is 23.4 Å². The Balaban J connectivity index is 2.39. The molecule has 0 radical (unpaired) electrons. The zero-order valence-electron chi connectivity index (χ0n) is 13.3. The lowest BCUT2D eigenvalue weighted by Gasteiger charge is -2.22. The van der Waals surface area contributed by atoms with Crippen molar-refractivity contribution >= 4 is 27.4 Å². The van der Waals surface area contributed by atoms with Crippen LogP contribution >= 0.6 is 15.9 Å². The molecule has 0 spiro atoms. The van der Waals surface area contributed by atoms with Gasteiger partial charge in [-0.25, -0.2) is 4.98 Å². The van der Waals surface area contributed by atoms with Crippen molar-refractivity contribution in [3.8, 4) is 6.01 Å². The van der Waals surface area contributed by atoms with Gasteiger partial charge >= 0.3 is 12.2 Å². The molecule has 0 aliphatic heterocycles. The van der Waals surface area contributed by atoms with Gasteiger partial charge < -0.3 is 9.64 Å². The summed E-state index contributed by atoms with van der Waals surface area (Å²) in [6.45, 7) is 2.35. The molecular weight excluding hydrogens is 387 g/mol. The smallest absolute Gasteiger partial charge is 0.421 e. The zero-order valence-corrected chi connectivity index (χ0v) is 14.9.